The van der Waals surface area contributed by atoms with Gasteiger partial charge in [-0.15, -0.1) is 0 Å². The van der Waals surface area contributed by atoms with Crippen molar-refractivity contribution in [2.75, 3.05) is 5.43 Å². The highest BCUT2D eigenvalue weighted by atomic mass is 35.5. The lowest BCUT2D eigenvalue weighted by Crippen LogP contribution is -2.35. The second-order valence-corrected chi connectivity index (χ2v) is 5.85. The Morgan fingerprint density at radius 3 is 2.48 bits per heavy atom. The predicted molar refractivity (Wildman–Crippen MR) is 91.3 cm³/mol. The summed E-state index contributed by atoms with van der Waals surface area (Å²) in [5.41, 5.74) is 5.39. The van der Waals surface area contributed by atoms with E-state index in [4.69, 9.17) is 23.8 Å². The van der Waals surface area contributed by atoms with Gasteiger partial charge in [-0.3, -0.25) is 10.4 Å². The number of benzene rings is 2. The first kappa shape index (κ1) is 14.2. The number of hydrogen-bond donors (Lipinski definition) is 2. The number of nitrogens with zero attached hydrogens (tertiary/aromatic N) is 1. The first-order chi connectivity index (χ1) is 10.2. The highest BCUT2D eigenvalue weighted by Gasteiger charge is 2.35. The molecular formula is C16H16ClN3S. The summed E-state index contributed by atoms with van der Waals surface area (Å²) in [4.78, 5) is 0. The Kier molecular flexibility index (Phi) is 3.99. The van der Waals surface area contributed by atoms with Gasteiger partial charge in [0.15, 0.2) is 5.11 Å². The van der Waals surface area contributed by atoms with Crippen LogP contribution in [0.5, 0.6) is 0 Å². The SMILES string of the molecule is CC1NC(=S)N(Nc2ccccc2Cl)C1c1ccccc1. The molecule has 2 atom stereocenters. The van der Waals surface area contributed by atoms with Crippen LogP contribution in [0.25, 0.3) is 0 Å². The average molecular weight is 318 g/mol. The maximum absolute atomic E-state index is 6.23. The lowest BCUT2D eigenvalue weighted by molar-refractivity contribution is 0.376. The molecule has 1 aliphatic rings. The molecule has 0 aliphatic carbocycles. The fourth-order valence-corrected chi connectivity index (χ4v) is 3.11. The summed E-state index contributed by atoms with van der Waals surface area (Å²) >= 11 is 11.7. The molecule has 1 saturated heterocycles. The molecule has 0 aromatic heterocycles. The quantitative estimate of drug-likeness (QED) is 0.837. The molecule has 2 unspecified atom stereocenters. The van der Waals surface area contributed by atoms with Crippen molar-refractivity contribution in [3.05, 3.63) is 65.2 Å². The van der Waals surface area contributed by atoms with Crippen LogP contribution in [0.2, 0.25) is 5.02 Å². The third-order valence-corrected chi connectivity index (χ3v) is 4.22. The van der Waals surface area contributed by atoms with Gasteiger partial charge in [0.25, 0.3) is 0 Å². The molecule has 21 heavy (non-hydrogen) atoms. The second-order valence-electron chi connectivity index (χ2n) is 5.06. The van der Waals surface area contributed by atoms with Crippen LogP contribution in [0.4, 0.5) is 5.69 Å². The van der Waals surface area contributed by atoms with Crippen molar-refractivity contribution in [2.24, 2.45) is 0 Å². The van der Waals surface area contributed by atoms with E-state index in [1.165, 1.54) is 5.56 Å². The minimum absolute atomic E-state index is 0.120. The van der Waals surface area contributed by atoms with Crippen LogP contribution < -0.4 is 10.7 Å². The summed E-state index contributed by atoms with van der Waals surface area (Å²) in [6, 6.07) is 18.3. The van der Waals surface area contributed by atoms with Crippen molar-refractivity contribution in [3.63, 3.8) is 0 Å². The zero-order valence-electron chi connectivity index (χ0n) is 11.6. The summed E-state index contributed by atoms with van der Waals surface area (Å²) in [6.45, 7) is 2.12. The van der Waals surface area contributed by atoms with Gasteiger partial charge in [-0.2, -0.15) is 0 Å². The van der Waals surface area contributed by atoms with Crippen LogP contribution in [-0.4, -0.2) is 16.2 Å². The van der Waals surface area contributed by atoms with Gasteiger partial charge in [0.2, 0.25) is 0 Å². The molecule has 0 bridgehead atoms. The molecular weight excluding hydrogens is 302 g/mol. The molecule has 1 aliphatic heterocycles. The number of thiocarbonyl (C=S) groups is 1. The van der Waals surface area contributed by atoms with Crippen LogP contribution in [0.1, 0.15) is 18.5 Å². The van der Waals surface area contributed by atoms with E-state index >= 15 is 0 Å². The van der Waals surface area contributed by atoms with Crippen molar-refractivity contribution in [3.8, 4) is 0 Å². The smallest absolute Gasteiger partial charge is 0.188 e. The van der Waals surface area contributed by atoms with Gasteiger partial charge in [-0.05, 0) is 36.8 Å². The van der Waals surface area contributed by atoms with Crippen molar-refractivity contribution >= 4 is 34.6 Å². The second kappa shape index (κ2) is 5.92. The van der Waals surface area contributed by atoms with E-state index in [1.54, 1.807) is 0 Å². The molecule has 108 valence electrons. The third-order valence-electron chi connectivity index (χ3n) is 3.58. The van der Waals surface area contributed by atoms with Gasteiger partial charge in [-0.25, -0.2) is 0 Å². The standard InChI is InChI=1S/C16H16ClN3S/c1-11-15(12-7-3-2-4-8-12)20(16(21)18-11)19-14-10-6-5-9-13(14)17/h2-11,15,19H,1H3,(H,18,21). The number of para-hydroxylation sites is 1. The van der Waals surface area contributed by atoms with E-state index in [0.29, 0.717) is 10.1 Å². The molecule has 0 spiro atoms. The van der Waals surface area contributed by atoms with E-state index in [2.05, 4.69) is 29.8 Å². The van der Waals surface area contributed by atoms with Crippen LogP contribution in [0.3, 0.4) is 0 Å². The van der Waals surface area contributed by atoms with E-state index in [-0.39, 0.29) is 12.1 Å². The van der Waals surface area contributed by atoms with E-state index in [9.17, 15) is 0 Å². The zero-order chi connectivity index (χ0) is 14.8. The predicted octanol–water partition coefficient (Wildman–Crippen LogP) is 3.99. The van der Waals surface area contributed by atoms with Gasteiger partial charge in [-0.1, -0.05) is 54.1 Å². The lowest BCUT2D eigenvalue weighted by Gasteiger charge is -2.28. The molecule has 2 aromatic carbocycles. The van der Waals surface area contributed by atoms with E-state index < -0.39 is 0 Å². The first-order valence-corrected chi connectivity index (χ1v) is 7.61. The van der Waals surface area contributed by atoms with Crippen molar-refractivity contribution < 1.29 is 0 Å². The molecule has 2 aromatic rings. The minimum Gasteiger partial charge on any atom is -0.356 e. The number of anilines is 1. The Hall–Kier alpha value is -1.78. The van der Waals surface area contributed by atoms with Crippen molar-refractivity contribution in [1.29, 1.82) is 0 Å². The fourth-order valence-electron chi connectivity index (χ4n) is 2.58. The fraction of sp³-hybridized carbons (Fsp3) is 0.188. The van der Waals surface area contributed by atoms with Gasteiger partial charge >= 0.3 is 0 Å². The topological polar surface area (TPSA) is 27.3 Å². The minimum atomic E-state index is 0.120. The van der Waals surface area contributed by atoms with Gasteiger partial charge in [0, 0.05) is 0 Å². The molecule has 0 amide bonds. The Morgan fingerprint density at radius 2 is 1.76 bits per heavy atom. The van der Waals surface area contributed by atoms with Crippen LogP contribution in [0, 0.1) is 0 Å². The molecule has 2 N–H and O–H groups in total. The Bertz CT molecular complexity index is 647. The number of rotatable bonds is 3. The normalized spacial score (nSPS) is 21.2. The average Bonchev–Trinajstić information content (AvgIpc) is 2.76. The van der Waals surface area contributed by atoms with Gasteiger partial charge < -0.3 is 5.32 Å². The van der Waals surface area contributed by atoms with Crippen LogP contribution >= 0.6 is 23.8 Å². The number of hydrogen-bond acceptors (Lipinski definition) is 2. The number of nitrogens with one attached hydrogen (secondary N) is 2. The first-order valence-electron chi connectivity index (χ1n) is 6.82. The Morgan fingerprint density at radius 1 is 1.10 bits per heavy atom. The lowest BCUT2D eigenvalue weighted by atomic mass is 10.0. The molecule has 0 radical (unpaired) electrons. The van der Waals surface area contributed by atoms with Gasteiger partial charge in [0.05, 0.1) is 22.8 Å². The summed E-state index contributed by atoms with van der Waals surface area (Å²) in [6.07, 6.45) is 0. The molecule has 0 saturated carbocycles. The molecule has 1 fully saturated rings. The highest BCUT2D eigenvalue weighted by molar-refractivity contribution is 7.80. The highest BCUT2D eigenvalue weighted by Crippen LogP contribution is 2.31. The summed E-state index contributed by atoms with van der Waals surface area (Å²) < 4.78 is 0. The zero-order valence-corrected chi connectivity index (χ0v) is 13.2. The number of halogens is 1. The van der Waals surface area contributed by atoms with E-state index in [1.807, 2.05) is 47.5 Å². The summed E-state index contributed by atoms with van der Waals surface area (Å²) in [5, 5.41) is 6.63. The maximum Gasteiger partial charge on any atom is 0.188 e. The molecule has 3 nitrogen and oxygen atoms in total. The molecule has 3 rings (SSSR count). The number of hydrazine groups is 1. The van der Waals surface area contributed by atoms with Gasteiger partial charge in [0.1, 0.15) is 0 Å². The Balaban J connectivity index is 1.91. The molecule has 1 heterocycles. The van der Waals surface area contributed by atoms with Crippen molar-refractivity contribution in [1.82, 2.24) is 10.3 Å². The Labute approximate surface area is 134 Å². The maximum atomic E-state index is 6.23. The van der Waals surface area contributed by atoms with Crippen molar-refractivity contribution in [2.45, 2.75) is 19.0 Å². The van der Waals surface area contributed by atoms with Crippen LogP contribution in [-0.2, 0) is 0 Å². The summed E-state index contributed by atoms with van der Waals surface area (Å²) in [5.74, 6) is 0. The monoisotopic (exact) mass is 317 g/mol. The third kappa shape index (κ3) is 2.82. The summed E-state index contributed by atoms with van der Waals surface area (Å²) in [7, 11) is 0. The largest absolute Gasteiger partial charge is 0.356 e. The van der Waals surface area contributed by atoms with E-state index in [0.717, 1.165) is 5.69 Å². The molecule has 5 heteroatoms. The van der Waals surface area contributed by atoms with Crippen LogP contribution in [0.15, 0.2) is 54.6 Å².